The van der Waals surface area contributed by atoms with Crippen LogP contribution in [0.5, 0.6) is 17.2 Å². The molecule has 0 fully saturated rings. The number of methoxy groups -OCH3 is 2. The molecule has 24 heavy (non-hydrogen) atoms. The summed E-state index contributed by atoms with van der Waals surface area (Å²) in [5.74, 6) is 2.55. The highest BCUT2D eigenvalue weighted by atomic mass is 16.5. The van der Waals surface area contributed by atoms with Gasteiger partial charge in [-0.3, -0.25) is 0 Å². The van der Waals surface area contributed by atoms with Gasteiger partial charge in [-0.15, -0.1) is 0 Å². The molecule has 1 atom stereocenters. The summed E-state index contributed by atoms with van der Waals surface area (Å²) in [6.45, 7) is 0. The van der Waals surface area contributed by atoms with Crippen molar-refractivity contribution in [3.8, 4) is 28.4 Å². The third-order valence-corrected chi connectivity index (χ3v) is 4.36. The van der Waals surface area contributed by atoms with Gasteiger partial charge in [0.05, 0.1) is 14.2 Å². The van der Waals surface area contributed by atoms with E-state index in [1.54, 1.807) is 14.2 Å². The van der Waals surface area contributed by atoms with Crippen LogP contribution < -0.4 is 14.2 Å². The number of hydrogen-bond acceptors (Lipinski definition) is 3. The van der Waals surface area contributed by atoms with E-state index < -0.39 is 0 Å². The highest BCUT2D eigenvalue weighted by Crippen LogP contribution is 2.46. The Hall–Kier alpha value is -2.94. The molecule has 120 valence electrons. The number of para-hydroxylation sites is 1. The van der Waals surface area contributed by atoms with Gasteiger partial charge >= 0.3 is 0 Å². The Morgan fingerprint density at radius 3 is 2.38 bits per heavy atom. The van der Waals surface area contributed by atoms with Crippen LogP contribution in [0, 0.1) is 0 Å². The molecule has 4 rings (SSSR count). The number of rotatable bonds is 3. The van der Waals surface area contributed by atoms with Crippen molar-refractivity contribution in [1.29, 1.82) is 0 Å². The highest BCUT2D eigenvalue weighted by molar-refractivity contribution is 5.77. The first-order valence-electron chi connectivity index (χ1n) is 7.88. The highest BCUT2D eigenvalue weighted by Gasteiger charge is 2.27. The van der Waals surface area contributed by atoms with Gasteiger partial charge in [-0.2, -0.15) is 0 Å². The van der Waals surface area contributed by atoms with Crippen molar-refractivity contribution in [2.75, 3.05) is 14.2 Å². The lowest BCUT2D eigenvalue weighted by molar-refractivity contribution is 0.243. The third-order valence-electron chi connectivity index (χ3n) is 4.36. The van der Waals surface area contributed by atoms with E-state index in [0.29, 0.717) is 0 Å². The van der Waals surface area contributed by atoms with Crippen molar-refractivity contribution in [3.05, 3.63) is 77.9 Å². The molecular weight excluding hydrogens is 300 g/mol. The molecule has 0 bridgehead atoms. The molecule has 1 aliphatic heterocycles. The van der Waals surface area contributed by atoms with E-state index in [1.165, 1.54) is 0 Å². The Bertz CT molecular complexity index is 886. The maximum atomic E-state index is 6.32. The molecule has 1 unspecified atom stereocenters. The van der Waals surface area contributed by atoms with Crippen molar-refractivity contribution in [3.63, 3.8) is 0 Å². The van der Waals surface area contributed by atoms with Gasteiger partial charge in [0, 0.05) is 16.7 Å². The lowest BCUT2D eigenvalue weighted by atomic mass is 9.89. The van der Waals surface area contributed by atoms with Crippen LogP contribution in [0.15, 0.2) is 66.7 Å². The van der Waals surface area contributed by atoms with Gasteiger partial charge in [-0.25, -0.2) is 0 Å². The normalized spacial score (nSPS) is 15.0. The fourth-order valence-electron chi connectivity index (χ4n) is 3.16. The second kappa shape index (κ2) is 5.93. The second-order valence-electron chi connectivity index (χ2n) is 5.72. The van der Waals surface area contributed by atoms with E-state index in [2.05, 4.69) is 24.3 Å². The Labute approximate surface area is 141 Å². The molecule has 3 aromatic carbocycles. The van der Waals surface area contributed by atoms with Crippen LogP contribution in [0.1, 0.15) is 17.2 Å². The minimum Gasteiger partial charge on any atom is -0.497 e. The summed E-state index contributed by atoms with van der Waals surface area (Å²) >= 11 is 0. The molecule has 0 spiro atoms. The van der Waals surface area contributed by atoms with Crippen LogP contribution in [0.25, 0.3) is 11.1 Å². The van der Waals surface area contributed by atoms with Gasteiger partial charge in [0.25, 0.3) is 0 Å². The average Bonchev–Trinajstić information content (AvgIpc) is 2.67. The third kappa shape index (κ3) is 2.38. The number of hydrogen-bond donors (Lipinski definition) is 0. The molecule has 3 nitrogen and oxygen atoms in total. The number of benzene rings is 3. The molecule has 0 amide bonds. The topological polar surface area (TPSA) is 27.7 Å². The minimum atomic E-state index is -0.170. The van der Waals surface area contributed by atoms with Crippen molar-refractivity contribution >= 4 is 0 Å². The Morgan fingerprint density at radius 1 is 0.750 bits per heavy atom. The maximum Gasteiger partial charge on any atom is 0.150 e. The zero-order chi connectivity index (χ0) is 16.5. The fourth-order valence-corrected chi connectivity index (χ4v) is 3.16. The molecule has 3 aromatic rings. The monoisotopic (exact) mass is 318 g/mol. The molecule has 3 heteroatoms. The van der Waals surface area contributed by atoms with E-state index in [1.807, 2.05) is 42.5 Å². The molecule has 0 aliphatic carbocycles. The van der Waals surface area contributed by atoms with Crippen LogP contribution in [0.4, 0.5) is 0 Å². The molecule has 0 saturated heterocycles. The molecule has 0 saturated carbocycles. The first-order chi connectivity index (χ1) is 11.8. The molecular formula is C21H18O3. The summed E-state index contributed by atoms with van der Waals surface area (Å²) in [4.78, 5) is 0. The largest absolute Gasteiger partial charge is 0.497 e. The Morgan fingerprint density at radius 2 is 1.54 bits per heavy atom. The standard InChI is InChI=1S/C21H18O3/c1-22-15-7-5-6-14(12-15)21-18-11-10-16(23-2)13-19(18)17-8-3-4-9-20(17)24-21/h3-13,21H,1-2H3. The number of fused-ring (bicyclic) bond motifs is 3. The van der Waals surface area contributed by atoms with Crippen LogP contribution in [0.3, 0.4) is 0 Å². The van der Waals surface area contributed by atoms with Crippen molar-refractivity contribution in [2.24, 2.45) is 0 Å². The zero-order valence-electron chi connectivity index (χ0n) is 13.7. The van der Waals surface area contributed by atoms with Gasteiger partial charge in [0.2, 0.25) is 0 Å². The lowest BCUT2D eigenvalue weighted by Gasteiger charge is -2.29. The predicted molar refractivity (Wildman–Crippen MR) is 93.9 cm³/mol. The van der Waals surface area contributed by atoms with Gasteiger partial charge in [0.15, 0.2) is 0 Å². The van der Waals surface area contributed by atoms with Crippen molar-refractivity contribution in [2.45, 2.75) is 6.10 Å². The van der Waals surface area contributed by atoms with Crippen molar-refractivity contribution < 1.29 is 14.2 Å². The molecule has 1 heterocycles. The SMILES string of the molecule is COc1cccc(C2Oc3ccccc3-c3cc(OC)ccc32)c1. The molecule has 0 N–H and O–H groups in total. The summed E-state index contributed by atoms with van der Waals surface area (Å²) in [7, 11) is 3.36. The first kappa shape index (κ1) is 14.6. The summed E-state index contributed by atoms with van der Waals surface area (Å²) in [5.41, 5.74) is 4.42. The van der Waals surface area contributed by atoms with Gasteiger partial charge in [-0.1, -0.05) is 36.4 Å². The minimum absolute atomic E-state index is 0.170. The van der Waals surface area contributed by atoms with E-state index in [4.69, 9.17) is 14.2 Å². The fraction of sp³-hybridized carbons (Fsp3) is 0.143. The summed E-state index contributed by atoms with van der Waals surface area (Å²) in [6, 6.07) is 22.2. The maximum absolute atomic E-state index is 6.32. The van der Waals surface area contributed by atoms with Crippen LogP contribution in [-0.2, 0) is 0 Å². The van der Waals surface area contributed by atoms with Crippen LogP contribution in [-0.4, -0.2) is 14.2 Å². The summed E-state index contributed by atoms with van der Waals surface area (Å²) in [5, 5.41) is 0. The number of ether oxygens (including phenoxy) is 3. The van der Waals surface area contributed by atoms with Crippen molar-refractivity contribution in [1.82, 2.24) is 0 Å². The summed E-state index contributed by atoms with van der Waals surface area (Å²) in [6.07, 6.45) is -0.170. The Kier molecular flexibility index (Phi) is 3.62. The molecule has 0 aromatic heterocycles. The zero-order valence-corrected chi connectivity index (χ0v) is 13.7. The van der Waals surface area contributed by atoms with Crippen LogP contribution in [0.2, 0.25) is 0 Å². The van der Waals surface area contributed by atoms with Crippen LogP contribution >= 0.6 is 0 Å². The van der Waals surface area contributed by atoms with E-state index in [0.717, 1.165) is 39.5 Å². The lowest BCUT2D eigenvalue weighted by Crippen LogP contribution is -2.15. The van der Waals surface area contributed by atoms with E-state index >= 15 is 0 Å². The predicted octanol–water partition coefficient (Wildman–Crippen LogP) is 4.85. The van der Waals surface area contributed by atoms with E-state index in [-0.39, 0.29) is 6.10 Å². The van der Waals surface area contributed by atoms with E-state index in [9.17, 15) is 0 Å². The van der Waals surface area contributed by atoms with Gasteiger partial charge in [-0.05, 0) is 35.9 Å². The average molecular weight is 318 g/mol. The van der Waals surface area contributed by atoms with Gasteiger partial charge < -0.3 is 14.2 Å². The second-order valence-corrected chi connectivity index (χ2v) is 5.72. The molecule has 0 radical (unpaired) electrons. The summed E-state index contributed by atoms with van der Waals surface area (Å²) < 4.78 is 17.1. The quantitative estimate of drug-likeness (QED) is 0.691. The first-order valence-corrected chi connectivity index (χ1v) is 7.88. The molecule has 1 aliphatic rings. The van der Waals surface area contributed by atoms with Gasteiger partial charge in [0.1, 0.15) is 23.4 Å². The Balaban J connectivity index is 1.89. The smallest absolute Gasteiger partial charge is 0.150 e.